The van der Waals surface area contributed by atoms with Crippen molar-refractivity contribution in [3.63, 3.8) is 0 Å². The van der Waals surface area contributed by atoms with E-state index in [0.717, 1.165) is 5.56 Å². The van der Waals surface area contributed by atoms with Gasteiger partial charge in [-0.15, -0.1) is 0 Å². The van der Waals surface area contributed by atoms with Gasteiger partial charge >= 0.3 is 5.97 Å². The number of rotatable bonds is 11. The first-order valence-corrected chi connectivity index (χ1v) is 16.7. The van der Waals surface area contributed by atoms with Gasteiger partial charge in [-0.25, -0.2) is 0 Å². The fourth-order valence-corrected chi connectivity index (χ4v) is 4.80. The molecule has 0 bridgehead atoms. The molecule has 13 heteroatoms. The maximum Gasteiger partial charge on any atom is 0.306 e. The highest BCUT2D eigenvalue weighted by molar-refractivity contribution is 6.76. The third kappa shape index (κ3) is 10.3. The lowest BCUT2D eigenvalue weighted by molar-refractivity contribution is -0.257. The van der Waals surface area contributed by atoms with Crippen LogP contribution in [0.1, 0.15) is 46.1 Å². The summed E-state index contributed by atoms with van der Waals surface area (Å²) in [5, 5.41) is 13.5. The predicted molar refractivity (Wildman–Crippen MR) is 151 cm³/mol. The fourth-order valence-electron chi connectivity index (χ4n) is 3.50. The van der Waals surface area contributed by atoms with Crippen LogP contribution >= 0.6 is 34.8 Å². The molecule has 1 saturated heterocycles. The van der Waals surface area contributed by atoms with Gasteiger partial charge in [0.2, 0.25) is 0 Å². The lowest BCUT2D eigenvalue weighted by Crippen LogP contribution is -2.68. The van der Waals surface area contributed by atoms with Gasteiger partial charge in [-0.3, -0.25) is 9.59 Å². The van der Waals surface area contributed by atoms with Crippen molar-refractivity contribution in [1.82, 2.24) is 5.32 Å². The van der Waals surface area contributed by atoms with Crippen molar-refractivity contribution in [1.29, 1.82) is 0 Å². The molecule has 1 heterocycles. The summed E-state index contributed by atoms with van der Waals surface area (Å²) < 4.78 is 21.7. The summed E-state index contributed by atoms with van der Waals surface area (Å²) in [7, 11) is -2.55. The van der Waals surface area contributed by atoms with Crippen LogP contribution in [0.15, 0.2) is 30.3 Å². The van der Waals surface area contributed by atoms with E-state index in [0.29, 0.717) is 0 Å². The van der Waals surface area contributed by atoms with Gasteiger partial charge in [0.15, 0.2) is 20.7 Å². The highest BCUT2D eigenvalue weighted by Crippen LogP contribution is 2.39. The second-order valence-corrected chi connectivity index (χ2v) is 18.1. The summed E-state index contributed by atoms with van der Waals surface area (Å²) in [6.07, 6.45) is -5.22. The van der Waals surface area contributed by atoms with Gasteiger partial charge in [-0.2, -0.15) is 0 Å². The summed E-state index contributed by atoms with van der Waals surface area (Å²) in [6.45, 7) is 11.5. The van der Waals surface area contributed by atoms with E-state index in [1.54, 1.807) is 0 Å². The lowest BCUT2D eigenvalue weighted by atomic mass is 9.96. The van der Waals surface area contributed by atoms with Gasteiger partial charge in [0.25, 0.3) is 9.70 Å². The third-order valence-electron chi connectivity index (χ3n) is 6.79. The molecule has 0 radical (unpaired) electrons. The number of hydrogen-bond donors (Lipinski definition) is 2. The maximum atomic E-state index is 12.7. The molecule has 9 nitrogen and oxygen atoms in total. The van der Waals surface area contributed by atoms with E-state index in [1.807, 2.05) is 64.2 Å². The van der Waals surface area contributed by atoms with E-state index in [-0.39, 0.29) is 36.9 Å². The number of nitrogens with one attached hydrogen (secondary N) is 1. The molecule has 1 aliphatic rings. The fraction of sp³-hybridized carbons (Fsp3) is 0.654. The summed E-state index contributed by atoms with van der Waals surface area (Å²) >= 11 is 17.4. The third-order valence-corrected chi connectivity index (χ3v) is 11.7. The molecule has 0 aliphatic carbocycles. The molecule has 0 spiro atoms. The number of carbonyl (C=O) groups excluding carboxylic acids is 3. The molecule has 2 N–H and O–H groups in total. The Morgan fingerprint density at radius 1 is 1.08 bits per heavy atom. The maximum absolute atomic E-state index is 12.7. The smallest absolute Gasteiger partial charge is 0.306 e. The van der Waals surface area contributed by atoms with Crippen LogP contribution < -0.4 is 5.32 Å². The SMILES string of the molecule is CC(=O)CCC(=O)O[C@H]1[C@H](O)[C@@H](COCc2ccccc2)O[C@@H](O[Si](C)(C)C(C)(C)C)[C@@H]1NC(=O)C(Cl)(Cl)Cl. The van der Waals surface area contributed by atoms with Crippen molar-refractivity contribution in [2.75, 3.05) is 6.61 Å². The van der Waals surface area contributed by atoms with Crippen LogP contribution in [0.3, 0.4) is 0 Å². The molecule has 1 aromatic carbocycles. The van der Waals surface area contributed by atoms with Gasteiger partial charge < -0.3 is 33.9 Å². The van der Waals surface area contributed by atoms with Gasteiger partial charge in [-0.05, 0) is 30.6 Å². The molecule has 0 unspecified atom stereocenters. The summed E-state index contributed by atoms with van der Waals surface area (Å²) in [5.74, 6) is -1.97. The molecule has 1 fully saturated rings. The lowest BCUT2D eigenvalue weighted by Gasteiger charge is -2.48. The van der Waals surface area contributed by atoms with Gasteiger partial charge in [0.1, 0.15) is 24.0 Å². The Labute approximate surface area is 245 Å². The van der Waals surface area contributed by atoms with E-state index in [4.69, 9.17) is 53.4 Å². The molecule has 220 valence electrons. The van der Waals surface area contributed by atoms with Crippen LogP contribution in [0.2, 0.25) is 18.1 Å². The van der Waals surface area contributed by atoms with Crippen molar-refractivity contribution in [3.8, 4) is 0 Å². The molecule has 0 saturated carbocycles. The van der Waals surface area contributed by atoms with Crippen molar-refractivity contribution < 1.29 is 38.1 Å². The number of carbonyl (C=O) groups is 3. The van der Waals surface area contributed by atoms with Crippen LogP contribution in [0, 0.1) is 0 Å². The van der Waals surface area contributed by atoms with Crippen molar-refractivity contribution in [3.05, 3.63) is 35.9 Å². The molecule has 5 atom stereocenters. The van der Waals surface area contributed by atoms with E-state index in [1.165, 1.54) is 6.92 Å². The number of Topliss-reactive ketones (excluding diaryl/α,β-unsaturated/α-hetero) is 1. The first-order chi connectivity index (χ1) is 17.9. The van der Waals surface area contributed by atoms with Crippen LogP contribution in [0.25, 0.3) is 0 Å². The van der Waals surface area contributed by atoms with Crippen molar-refractivity contribution >= 4 is 60.8 Å². The van der Waals surface area contributed by atoms with E-state index in [2.05, 4.69) is 5.32 Å². The Bertz CT molecular complexity index is 984. The molecular weight excluding hydrogens is 589 g/mol. The van der Waals surface area contributed by atoms with Gasteiger partial charge in [0.05, 0.1) is 19.6 Å². The van der Waals surface area contributed by atoms with E-state index < -0.39 is 54.6 Å². The molecule has 1 amide bonds. The normalized spacial score (nSPS) is 24.2. The first-order valence-electron chi connectivity index (χ1n) is 12.6. The van der Waals surface area contributed by atoms with Crippen molar-refractivity contribution in [2.45, 2.75) is 99.7 Å². The average molecular weight is 627 g/mol. The van der Waals surface area contributed by atoms with Crippen molar-refractivity contribution in [2.24, 2.45) is 0 Å². The van der Waals surface area contributed by atoms with Crippen LogP contribution in [0.5, 0.6) is 0 Å². The zero-order chi connectivity index (χ0) is 29.6. The van der Waals surface area contributed by atoms with Crippen LogP contribution in [-0.4, -0.2) is 72.1 Å². The minimum absolute atomic E-state index is 0.0448. The molecule has 1 aromatic rings. The van der Waals surface area contributed by atoms with E-state index >= 15 is 0 Å². The van der Waals surface area contributed by atoms with Gasteiger partial charge in [0, 0.05) is 6.42 Å². The number of ether oxygens (including phenoxy) is 3. The zero-order valence-corrected chi connectivity index (χ0v) is 26.3. The number of alkyl halides is 3. The number of ketones is 1. The predicted octanol–water partition coefficient (Wildman–Crippen LogP) is 4.45. The second kappa shape index (κ2) is 14.1. The monoisotopic (exact) mass is 625 g/mol. The zero-order valence-electron chi connectivity index (χ0n) is 23.0. The number of esters is 1. The molecule has 1 aliphatic heterocycles. The largest absolute Gasteiger partial charge is 0.457 e. The number of aliphatic hydroxyl groups is 1. The highest BCUT2D eigenvalue weighted by atomic mass is 35.6. The molecule has 2 rings (SSSR count). The summed E-state index contributed by atoms with van der Waals surface area (Å²) in [4.78, 5) is 36.8. The topological polar surface area (TPSA) is 120 Å². The van der Waals surface area contributed by atoms with Crippen LogP contribution in [-0.2, 0) is 39.6 Å². The summed E-state index contributed by atoms with van der Waals surface area (Å²) in [6, 6.07) is 8.19. The molecule has 39 heavy (non-hydrogen) atoms. The number of halogens is 3. The highest BCUT2D eigenvalue weighted by Gasteiger charge is 2.53. The molecule has 0 aromatic heterocycles. The Morgan fingerprint density at radius 3 is 2.23 bits per heavy atom. The first kappa shape index (κ1) is 34.0. The number of hydrogen-bond acceptors (Lipinski definition) is 8. The Balaban J connectivity index is 2.39. The van der Waals surface area contributed by atoms with Crippen LogP contribution in [0.4, 0.5) is 0 Å². The Morgan fingerprint density at radius 2 is 1.69 bits per heavy atom. The molecular formula is C26H38Cl3NO8Si. The summed E-state index contributed by atoms with van der Waals surface area (Å²) in [5.41, 5.74) is 0.914. The quantitative estimate of drug-likeness (QED) is 0.210. The van der Waals surface area contributed by atoms with Gasteiger partial charge in [-0.1, -0.05) is 85.9 Å². The second-order valence-electron chi connectivity index (χ2n) is 11.1. The number of aliphatic hydroxyl groups excluding tert-OH is 1. The number of benzene rings is 1. The minimum Gasteiger partial charge on any atom is -0.457 e. The Hall–Kier alpha value is -1.24. The minimum atomic E-state index is -2.55. The van der Waals surface area contributed by atoms with E-state index in [9.17, 15) is 19.5 Å². The average Bonchev–Trinajstić information content (AvgIpc) is 2.81. The standard InChI is InChI=1S/C26H38Cl3NO8Si/c1-16(31)12-13-19(32)37-22-20(30-24(34)26(27,28)29)23(38-39(5,6)25(2,3)4)36-18(21(22)33)15-35-14-17-10-8-7-9-11-17/h7-11,18,20-23,33H,12-15H2,1-6H3,(H,30,34)/t18-,20-,21-,22-,23+/m1/s1. The Kier molecular flexibility index (Phi) is 12.3. The number of amides is 1.